The van der Waals surface area contributed by atoms with Gasteiger partial charge in [-0.3, -0.25) is 0 Å². The van der Waals surface area contributed by atoms with Crippen molar-refractivity contribution >= 4 is 21.6 Å². The standard InChI is InChI=1S/C13H17BrFNO/c1-13(2)8-10(5-6-17-13)16-9-3-4-12(15)11(14)7-9/h3-4,7,10,16H,5-6,8H2,1-2H3. The second-order valence-corrected chi connectivity index (χ2v) is 5.93. The van der Waals surface area contributed by atoms with Crippen LogP contribution in [0.3, 0.4) is 0 Å². The summed E-state index contributed by atoms with van der Waals surface area (Å²) in [5.41, 5.74) is 0.869. The zero-order valence-corrected chi connectivity index (χ0v) is 11.7. The Labute approximate surface area is 110 Å². The van der Waals surface area contributed by atoms with E-state index in [0.717, 1.165) is 25.1 Å². The van der Waals surface area contributed by atoms with Gasteiger partial charge < -0.3 is 10.1 Å². The maximum Gasteiger partial charge on any atom is 0.137 e. The predicted molar refractivity (Wildman–Crippen MR) is 70.8 cm³/mol. The highest BCUT2D eigenvalue weighted by atomic mass is 79.9. The van der Waals surface area contributed by atoms with Crippen molar-refractivity contribution in [2.24, 2.45) is 0 Å². The van der Waals surface area contributed by atoms with E-state index in [1.54, 1.807) is 12.1 Å². The molecule has 0 saturated carbocycles. The van der Waals surface area contributed by atoms with Gasteiger partial charge in [-0.1, -0.05) is 0 Å². The van der Waals surface area contributed by atoms with Crippen LogP contribution in [-0.2, 0) is 4.74 Å². The Morgan fingerprint density at radius 1 is 1.47 bits per heavy atom. The summed E-state index contributed by atoms with van der Waals surface area (Å²) in [5.74, 6) is -0.233. The molecule has 1 N–H and O–H groups in total. The molecule has 2 nitrogen and oxygen atoms in total. The molecule has 2 rings (SSSR count). The van der Waals surface area contributed by atoms with Crippen LogP contribution >= 0.6 is 15.9 Å². The largest absolute Gasteiger partial charge is 0.382 e. The quantitative estimate of drug-likeness (QED) is 0.893. The zero-order valence-electron chi connectivity index (χ0n) is 10.1. The van der Waals surface area contributed by atoms with Gasteiger partial charge in [-0.05, 0) is 60.8 Å². The Morgan fingerprint density at radius 2 is 2.24 bits per heavy atom. The molecular formula is C13H17BrFNO. The molecule has 1 aromatic rings. The molecule has 1 unspecified atom stereocenters. The van der Waals surface area contributed by atoms with Gasteiger partial charge >= 0.3 is 0 Å². The predicted octanol–water partition coefficient (Wildman–Crippen LogP) is 3.96. The van der Waals surface area contributed by atoms with E-state index in [1.165, 1.54) is 6.07 Å². The fraction of sp³-hybridized carbons (Fsp3) is 0.538. The van der Waals surface area contributed by atoms with Gasteiger partial charge in [-0.15, -0.1) is 0 Å². The Morgan fingerprint density at radius 3 is 2.88 bits per heavy atom. The minimum absolute atomic E-state index is 0.0762. The molecule has 0 spiro atoms. The molecule has 1 heterocycles. The fourth-order valence-electron chi connectivity index (χ4n) is 2.18. The third-order valence-corrected chi connectivity index (χ3v) is 3.60. The lowest BCUT2D eigenvalue weighted by molar-refractivity contribution is -0.0553. The average Bonchev–Trinajstić information content (AvgIpc) is 2.22. The third-order valence-electron chi connectivity index (χ3n) is 2.99. The molecule has 1 saturated heterocycles. The van der Waals surface area contributed by atoms with E-state index >= 15 is 0 Å². The Hall–Kier alpha value is -0.610. The molecule has 0 aromatic heterocycles. The number of benzene rings is 1. The van der Waals surface area contributed by atoms with E-state index in [2.05, 4.69) is 35.1 Å². The van der Waals surface area contributed by atoms with Crippen LogP contribution in [0.2, 0.25) is 0 Å². The van der Waals surface area contributed by atoms with Crippen LogP contribution in [0.1, 0.15) is 26.7 Å². The van der Waals surface area contributed by atoms with E-state index < -0.39 is 0 Å². The highest BCUT2D eigenvalue weighted by Crippen LogP contribution is 2.27. The Bertz CT molecular complexity index is 408. The van der Waals surface area contributed by atoms with Gasteiger partial charge in [-0.2, -0.15) is 0 Å². The van der Waals surface area contributed by atoms with Gasteiger partial charge in [0.05, 0.1) is 10.1 Å². The second kappa shape index (κ2) is 4.94. The zero-order chi connectivity index (χ0) is 12.5. The van der Waals surface area contributed by atoms with Gasteiger partial charge in [0, 0.05) is 18.3 Å². The van der Waals surface area contributed by atoms with Gasteiger partial charge in [0.2, 0.25) is 0 Å². The number of nitrogens with one attached hydrogen (secondary N) is 1. The highest BCUT2D eigenvalue weighted by molar-refractivity contribution is 9.10. The minimum atomic E-state index is -0.233. The molecule has 1 atom stereocenters. The molecule has 1 aliphatic heterocycles. The normalized spacial score (nSPS) is 23.4. The molecule has 94 valence electrons. The first kappa shape index (κ1) is 12.8. The number of hydrogen-bond donors (Lipinski definition) is 1. The molecule has 1 fully saturated rings. The van der Waals surface area contributed by atoms with Crippen molar-refractivity contribution in [3.05, 3.63) is 28.5 Å². The SMILES string of the molecule is CC1(C)CC(Nc2ccc(F)c(Br)c2)CCO1. The summed E-state index contributed by atoms with van der Waals surface area (Å²) < 4.78 is 19.3. The van der Waals surface area contributed by atoms with Gasteiger partial charge in [0.1, 0.15) is 5.82 Å². The molecule has 0 aliphatic carbocycles. The number of hydrogen-bond acceptors (Lipinski definition) is 2. The molecule has 0 bridgehead atoms. The lowest BCUT2D eigenvalue weighted by atomic mass is 9.94. The van der Waals surface area contributed by atoms with Crippen molar-refractivity contribution in [1.29, 1.82) is 0 Å². The van der Waals surface area contributed by atoms with Crippen LogP contribution in [0.25, 0.3) is 0 Å². The van der Waals surface area contributed by atoms with E-state index in [-0.39, 0.29) is 11.4 Å². The molecule has 1 aromatic carbocycles. The van der Waals surface area contributed by atoms with Crippen LogP contribution in [0, 0.1) is 5.82 Å². The monoisotopic (exact) mass is 301 g/mol. The van der Waals surface area contributed by atoms with E-state index in [9.17, 15) is 4.39 Å². The maximum atomic E-state index is 13.1. The Balaban J connectivity index is 2.03. The third kappa shape index (κ3) is 3.42. The molecule has 0 radical (unpaired) electrons. The smallest absolute Gasteiger partial charge is 0.137 e. The number of halogens is 2. The van der Waals surface area contributed by atoms with E-state index in [1.807, 2.05) is 0 Å². The number of anilines is 1. The highest BCUT2D eigenvalue weighted by Gasteiger charge is 2.28. The van der Waals surface area contributed by atoms with E-state index in [0.29, 0.717) is 10.5 Å². The second-order valence-electron chi connectivity index (χ2n) is 5.07. The van der Waals surface area contributed by atoms with Crippen molar-refractivity contribution in [3.8, 4) is 0 Å². The molecular weight excluding hydrogens is 285 g/mol. The minimum Gasteiger partial charge on any atom is -0.382 e. The van der Waals surface area contributed by atoms with Crippen LogP contribution in [0.15, 0.2) is 22.7 Å². The summed E-state index contributed by atoms with van der Waals surface area (Å²) in [6, 6.07) is 5.40. The summed E-state index contributed by atoms with van der Waals surface area (Å²) in [5, 5.41) is 3.43. The van der Waals surface area contributed by atoms with Crippen LogP contribution in [-0.4, -0.2) is 18.2 Å². The molecule has 4 heteroatoms. The van der Waals surface area contributed by atoms with Crippen molar-refractivity contribution in [3.63, 3.8) is 0 Å². The first-order valence-corrected chi connectivity index (χ1v) is 6.61. The maximum absolute atomic E-state index is 13.1. The van der Waals surface area contributed by atoms with Crippen LogP contribution in [0.4, 0.5) is 10.1 Å². The summed E-state index contributed by atoms with van der Waals surface area (Å²) in [6.07, 6.45) is 1.94. The van der Waals surface area contributed by atoms with Crippen LogP contribution < -0.4 is 5.32 Å². The number of ether oxygens (including phenoxy) is 1. The topological polar surface area (TPSA) is 21.3 Å². The lowest BCUT2D eigenvalue weighted by Gasteiger charge is -2.36. The summed E-state index contributed by atoms with van der Waals surface area (Å²) >= 11 is 3.19. The average molecular weight is 302 g/mol. The van der Waals surface area contributed by atoms with Gasteiger partial charge in [-0.25, -0.2) is 4.39 Å². The van der Waals surface area contributed by atoms with Gasteiger partial charge in [0.25, 0.3) is 0 Å². The fourth-order valence-corrected chi connectivity index (χ4v) is 2.56. The van der Waals surface area contributed by atoms with E-state index in [4.69, 9.17) is 4.74 Å². The van der Waals surface area contributed by atoms with Crippen molar-refractivity contribution in [1.82, 2.24) is 0 Å². The van der Waals surface area contributed by atoms with Crippen molar-refractivity contribution < 1.29 is 9.13 Å². The molecule has 0 amide bonds. The first-order valence-electron chi connectivity index (χ1n) is 5.82. The summed E-state index contributed by atoms with van der Waals surface area (Å²) in [6.45, 7) is 4.97. The summed E-state index contributed by atoms with van der Waals surface area (Å²) in [4.78, 5) is 0. The Kier molecular flexibility index (Phi) is 3.73. The van der Waals surface area contributed by atoms with Crippen LogP contribution in [0.5, 0.6) is 0 Å². The summed E-state index contributed by atoms with van der Waals surface area (Å²) in [7, 11) is 0. The number of rotatable bonds is 2. The van der Waals surface area contributed by atoms with Crippen molar-refractivity contribution in [2.45, 2.75) is 38.3 Å². The molecule has 17 heavy (non-hydrogen) atoms. The lowest BCUT2D eigenvalue weighted by Crippen LogP contribution is -2.40. The first-order chi connectivity index (χ1) is 7.96. The van der Waals surface area contributed by atoms with Crippen molar-refractivity contribution in [2.75, 3.05) is 11.9 Å². The molecule has 1 aliphatic rings. The van der Waals surface area contributed by atoms with Gasteiger partial charge in [0.15, 0.2) is 0 Å².